The zero-order valence-electron chi connectivity index (χ0n) is 16.4. The molecule has 6 heteroatoms. The summed E-state index contributed by atoms with van der Waals surface area (Å²) >= 11 is 6.03. The molecule has 2 fully saturated rings. The van der Waals surface area contributed by atoms with Gasteiger partial charge in [0.1, 0.15) is 11.4 Å². The smallest absolute Gasteiger partial charge is 0.255 e. The maximum atomic E-state index is 12.7. The number of hydrogen-bond acceptors (Lipinski definition) is 3. The lowest BCUT2D eigenvalue weighted by Gasteiger charge is -2.39. The fourth-order valence-electron chi connectivity index (χ4n) is 4.78. The number of fused-ring (bicyclic) bond motifs is 1. The van der Waals surface area contributed by atoms with Gasteiger partial charge in [-0.3, -0.25) is 9.59 Å². The summed E-state index contributed by atoms with van der Waals surface area (Å²) in [5.74, 6) is 1.44. The van der Waals surface area contributed by atoms with Crippen molar-refractivity contribution >= 4 is 23.4 Å². The van der Waals surface area contributed by atoms with Gasteiger partial charge in [0.15, 0.2) is 0 Å². The molecule has 4 rings (SSSR count). The zero-order valence-corrected chi connectivity index (χ0v) is 17.2. The monoisotopic (exact) mass is 404 g/mol. The lowest BCUT2D eigenvalue weighted by molar-refractivity contribution is -0.128. The number of rotatable bonds is 2. The molecule has 2 N–H and O–H groups in total. The second-order valence-electron chi connectivity index (χ2n) is 8.85. The van der Waals surface area contributed by atoms with Gasteiger partial charge in [-0.15, -0.1) is 0 Å². The Balaban J connectivity index is 1.37. The third-order valence-electron chi connectivity index (χ3n) is 6.71. The van der Waals surface area contributed by atoms with Gasteiger partial charge in [-0.2, -0.15) is 0 Å². The second kappa shape index (κ2) is 7.94. The summed E-state index contributed by atoms with van der Waals surface area (Å²) in [5, 5.41) is 6.78. The lowest BCUT2D eigenvalue weighted by Crippen LogP contribution is -2.50. The summed E-state index contributed by atoms with van der Waals surface area (Å²) in [5.41, 5.74) is 0.0435. The molecule has 0 saturated heterocycles. The molecular formula is C22H29ClN2O3. The molecule has 2 saturated carbocycles. The highest BCUT2D eigenvalue weighted by Gasteiger charge is 2.42. The SMILES string of the molecule is CC1CCC(NC(=O)C2CCC3(CC2)CNC(=O)c2cc(Cl)ccc2O3)CC1. The molecule has 5 nitrogen and oxygen atoms in total. The average Bonchev–Trinajstić information content (AvgIpc) is 2.82. The van der Waals surface area contributed by atoms with E-state index < -0.39 is 5.60 Å². The first-order valence-electron chi connectivity index (χ1n) is 10.5. The maximum absolute atomic E-state index is 12.7. The number of ether oxygens (including phenoxy) is 1. The molecule has 2 amide bonds. The van der Waals surface area contributed by atoms with E-state index in [2.05, 4.69) is 17.6 Å². The normalized spacial score (nSPS) is 32.6. The molecule has 1 spiro atoms. The minimum absolute atomic E-state index is 0.0391. The third kappa shape index (κ3) is 4.14. The minimum atomic E-state index is -0.439. The molecular weight excluding hydrogens is 376 g/mol. The number of amides is 2. The highest BCUT2D eigenvalue weighted by molar-refractivity contribution is 6.31. The van der Waals surface area contributed by atoms with Gasteiger partial charge in [-0.1, -0.05) is 18.5 Å². The van der Waals surface area contributed by atoms with Gasteiger partial charge >= 0.3 is 0 Å². The molecule has 152 valence electrons. The molecule has 0 radical (unpaired) electrons. The minimum Gasteiger partial charge on any atom is -0.485 e. The predicted octanol–water partition coefficient (Wildman–Crippen LogP) is 4.09. The van der Waals surface area contributed by atoms with Crippen LogP contribution in [-0.4, -0.2) is 30.0 Å². The number of hydrogen-bond donors (Lipinski definition) is 2. The van der Waals surface area contributed by atoms with Crippen LogP contribution in [-0.2, 0) is 4.79 Å². The fourth-order valence-corrected chi connectivity index (χ4v) is 4.96. The van der Waals surface area contributed by atoms with E-state index in [4.69, 9.17) is 16.3 Å². The molecule has 1 aliphatic heterocycles. The van der Waals surface area contributed by atoms with Crippen molar-refractivity contribution in [2.45, 2.75) is 69.9 Å². The van der Waals surface area contributed by atoms with Crippen LogP contribution >= 0.6 is 11.6 Å². The van der Waals surface area contributed by atoms with Crippen molar-refractivity contribution in [2.24, 2.45) is 11.8 Å². The molecule has 0 unspecified atom stereocenters. The summed E-state index contributed by atoms with van der Waals surface area (Å²) in [6, 6.07) is 5.50. The fraction of sp³-hybridized carbons (Fsp3) is 0.636. The van der Waals surface area contributed by atoms with Crippen LogP contribution in [0.3, 0.4) is 0 Å². The first-order valence-corrected chi connectivity index (χ1v) is 10.9. The Morgan fingerprint density at radius 3 is 2.61 bits per heavy atom. The Bertz CT molecular complexity index is 750. The van der Waals surface area contributed by atoms with Crippen LogP contribution in [0.4, 0.5) is 0 Å². The topological polar surface area (TPSA) is 67.4 Å². The molecule has 1 heterocycles. The molecule has 0 bridgehead atoms. The van der Waals surface area contributed by atoms with Gasteiger partial charge in [0, 0.05) is 17.0 Å². The Morgan fingerprint density at radius 1 is 1.18 bits per heavy atom. The van der Waals surface area contributed by atoms with Crippen molar-refractivity contribution in [1.29, 1.82) is 0 Å². The molecule has 0 atom stereocenters. The number of nitrogens with one attached hydrogen (secondary N) is 2. The van der Waals surface area contributed by atoms with Gasteiger partial charge in [-0.05, 0) is 75.5 Å². The first kappa shape index (κ1) is 19.6. The average molecular weight is 405 g/mol. The molecule has 2 aliphatic carbocycles. The lowest BCUT2D eigenvalue weighted by atomic mass is 9.77. The largest absolute Gasteiger partial charge is 0.485 e. The van der Waals surface area contributed by atoms with Crippen LogP contribution < -0.4 is 15.4 Å². The van der Waals surface area contributed by atoms with E-state index in [1.165, 1.54) is 12.8 Å². The highest BCUT2D eigenvalue weighted by atomic mass is 35.5. The summed E-state index contributed by atoms with van der Waals surface area (Å²) < 4.78 is 6.33. The van der Waals surface area contributed by atoms with Crippen molar-refractivity contribution in [3.05, 3.63) is 28.8 Å². The van der Waals surface area contributed by atoms with Gasteiger partial charge in [0.25, 0.3) is 5.91 Å². The number of carbonyl (C=O) groups is 2. The van der Waals surface area contributed by atoms with E-state index in [1.54, 1.807) is 18.2 Å². The van der Waals surface area contributed by atoms with Crippen LogP contribution in [0.1, 0.15) is 68.6 Å². The Kier molecular flexibility index (Phi) is 5.55. The van der Waals surface area contributed by atoms with E-state index in [-0.39, 0.29) is 17.7 Å². The maximum Gasteiger partial charge on any atom is 0.255 e. The van der Waals surface area contributed by atoms with Gasteiger partial charge in [0.2, 0.25) is 5.91 Å². The summed E-state index contributed by atoms with van der Waals surface area (Å²) in [7, 11) is 0. The second-order valence-corrected chi connectivity index (χ2v) is 9.28. The van der Waals surface area contributed by atoms with E-state index in [9.17, 15) is 9.59 Å². The summed E-state index contributed by atoms with van der Waals surface area (Å²) in [6.07, 6.45) is 7.69. The first-order chi connectivity index (χ1) is 13.4. The molecule has 3 aliphatic rings. The third-order valence-corrected chi connectivity index (χ3v) is 6.95. The van der Waals surface area contributed by atoms with Gasteiger partial charge in [0.05, 0.1) is 12.1 Å². The van der Waals surface area contributed by atoms with Crippen molar-refractivity contribution in [2.75, 3.05) is 6.54 Å². The molecule has 28 heavy (non-hydrogen) atoms. The summed E-state index contributed by atoms with van der Waals surface area (Å²) in [4.78, 5) is 25.1. The number of carbonyl (C=O) groups excluding carboxylic acids is 2. The van der Waals surface area contributed by atoms with Crippen molar-refractivity contribution in [1.82, 2.24) is 10.6 Å². The Labute approximate surface area is 171 Å². The van der Waals surface area contributed by atoms with E-state index in [0.717, 1.165) is 44.4 Å². The molecule has 0 aromatic heterocycles. The van der Waals surface area contributed by atoms with E-state index >= 15 is 0 Å². The predicted molar refractivity (Wildman–Crippen MR) is 109 cm³/mol. The number of benzene rings is 1. The van der Waals surface area contributed by atoms with Crippen LogP contribution in [0.2, 0.25) is 5.02 Å². The van der Waals surface area contributed by atoms with Crippen LogP contribution in [0.5, 0.6) is 5.75 Å². The van der Waals surface area contributed by atoms with Gasteiger partial charge in [-0.25, -0.2) is 0 Å². The summed E-state index contributed by atoms with van der Waals surface area (Å²) in [6.45, 7) is 2.75. The standard InChI is InChI=1S/C22H29ClN2O3/c1-14-2-5-17(6-3-14)25-20(26)15-8-10-22(11-9-15)13-24-21(27)18-12-16(23)4-7-19(18)28-22/h4,7,12,14-15,17H,2-3,5-6,8-11,13H2,1H3,(H,24,27)(H,25,26). The quantitative estimate of drug-likeness (QED) is 0.780. The zero-order chi connectivity index (χ0) is 19.7. The van der Waals surface area contributed by atoms with Crippen LogP contribution in [0.15, 0.2) is 18.2 Å². The Morgan fingerprint density at radius 2 is 1.89 bits per heavy atom. The van der Waals surface area contributed by atoms with Crippen LogP contribution in [0.25, 0.3) is 0 Å². The molecule has 1 aromatic carbocycles. The van der Waals surface area contributed by atoms with Crippen molar-refractivity contribution in [3.8, 4) is 5.75 Å². The van der Waals surface area contributed by atoms with E-state index in [1.807, 2.05) is 0 Å². The van der Waals surface area contributed by atoms with Crippen molar-refractivity contribution < 1.29 is 14.3 Å². The van der Waals surface area contributed by atoms with Crippen molar-refractivity contribution in [3.63, 3.8) is 0 Å². The van der Waals surface area contributed by atoms with Crippen LogP contribution in [0, 0.1) is 11.8 Å². The number of halogens is 1. The van der Waals surface area contributed by atoms with E-state index in [0.29, 0.717) is 28.9 Å². The van der Waals surface area contributed by atoms with Gasteiger partial charge < -0.3 is 15.4 Å². The molecule has 1 aromatic rings. The highest BCUT2D eigenvalue weighted by Crippen LogP contribution is 2.39. The Hall–Kier alpha value is -1.75.